The molecule has 0 bridgehead atoms. The molecule has 2 unspecified atom stereocenters. The van der Waals surface area contributed by atoms with Crippen molar-refractivity contribution >= 4 is 24.0 Å². The third kappa shape index (κ3) is 4.43. The average Bonchev–Trinajstić information content (AvgIpc) is 2.27. The number of carbonyl (C=O) groups excluding carboxylic acids is 1. The van der Waals surface area contributed by atoms with Gasteiger partial charge in [0.05, 0.1) is 0 Å². The summed E-state index contributed by atoms with van der Waals surface area (Å²) in [6.07, 6.45) is 3.43. The molecule has 4 heteroatoms. The van der Waals surface area contributed by atoms with Gasteiger partial charge in [-0.25, -0.2) is 0 Å². The molecule has 1 amide bonds. The van der Waals surface area contributed by atoms with Crippen LogP contribution in [0.3, 0.4) is 0 Å². The lowest BCUT2D eigenvalue weighted by molar-refractivity contribution is 0.0911. The number of benzene rings is 1. The Kier molecular flexibility index (Phi) is 5.67. The normalized spacial score (nSPS) is 26.3. The lowest BCUT2D eigenvalue weighted by Gasteiger charge is -2.32. The van der Waals surface area contributed by atoms with Crippen LogP contribution in [0.4, 0.5) is 5.69 Å². The second kappa shape index (κ2) is 6.80. The Morgan fingerprint density at radius 2 is 1.84 bits per heavy atom. The molecule has 1 saturated carbocycles. The summed E-state index contributed by atoms with van der Waals surface area (Å²) in [5, 5.41) is 3.13. The number of hydrogen-bond acceptors (Lipinski definition) is 2. The lowest BCUT2D eigenvalue weighted by Crippen LogP contribution is -2.40. The first kappa shape index (κ1) is 15.8. The minimum atomic E-state index is -0.00593. The van der Waals surface area contributed by atoms with E-state index < -0.39 is 0 Å². The smallest absolute Gasteiger partial charge is 0.251 e. The number of nitrogens with two attached hydrogens (primary N) is 1. The number of halogens is 1. The first-order valence-corrected chi connectivity index (χ1v) is 6.71. The Bertz CT molecular complexity index is 426. The zero-order chi connectivity index (χ0) is 13.1. The number of nitrogen functional groups attached to an aromatic ring is 1. The van der Waals surface area contributed by atoms with E-state index in [1.165, 1.54) is 6.42 Å². The molecule has 0 heterocycles. The monoisotopic (exact) mass is 282 g/mol. The predicted molar refractivity (Wildman–Crippen MR) is 81.5 cm³/mol. The van der Waals surface area contributed by atoms with E-state index in [0.717, 1.165) is 12.8 Å². The minimum Gasteiger partial charge on any atom is -0.399 e. The Labute approximate surface area is 121 Å². The summed E-state index contributed by atoms with van der Waals surface area (Å²) < 4.78 is 0. The van der Waals surface area contributed by atoms with E-state index in [9.17, 15) is 4.79 Å². The highest BCUT2D eigenvalue weighted by Crippen LogP contribution is 2.28. The van der Waals surface area contributed by atoms with Gasteiger partial charge in [0.15, 0.2) is 0 Å². The molecule has 1 aromatic rings. The fourth-order valence-corrected chi connectivity index (χ4v) is 3.01. The van der Waals surface area contributed by atoms with Crippen LogP contribution in [-0.4, -0.2) is 11.9 Å². The maximum Gasteiger partial charge on any atom is 0.251 e. The van der Waals surface area contributed by atoms with Crippen LogP contribution in [-0.2, 0) is 0 Å². The molecular formula is C15H23ClN2O. The summed E-state index contributed by atoms with van der Waals surface area (Å²) in [4.78, 5) is 12.1. The number of hydrogen-bond donors (Lipinski definition) is 2. The average molecular weight is 283 g/mol. The molecule has 0 spiro atoms. The number of carbonyl (C=O) groups is 1. The van der Waals surface area contributed by atoms with Gasteiger partial charge in [-0.2, -0.15) is 0 Å². The maximum atomic E-state index is 12.1. The van der Waals surface area contributed by atoms with Crippen molar-refractivity contribution in [2.75, 3.05) is 5.73 Å². The third-order valence-corrected chi connectivity index (χ3v) is 3.66. The predicted octanol–water partition coefficient (Wildman–Crippen LogP) is 3.25. The fourth-order valence-electron chi connectivity index (χ4n) is 3.01. The van der Waals surface area contributed by atoms with Gasteiger partial charge < -0.3 is 11.1 Å². The van der Waals surface area contributed by atoms with Crippen molar-refractivity contribution in [3.05, 3.63) is 29.8 Å². The number of nitrogens with one attached hydrogen (secondary N) is 1. The van der Waals surface area contributed by atoms with E-state index in [2.05, 4.69) is 19.2 Å². The Morgan fingerprint density at radius 3 is 2.42 bits per heavy atom. The van der Waals surface area contributed by atoms with E-state index >= 15 is 0 Å². The Hall–Kier alpha value is -1.22. The zero-order valence-corrected chi connectivity index (χ0v) is 12.4. The van der Waals surface area contributed by atoms with Crippen molar-refractivity contribution < 1.29 is 4.79 Å². The molecule has 1 aromatic carbocycles. The van der Waals surface area contributed by atoms with E-state index in [1.807, 2.05) is 6.07 Å². The molecule has 106 valence electrons. The molecule has 1 aliphatic rings. The first-order valence-electron chi connectivity index (χ1n) is 6.71. The van der Waals surface area contributed by atoms with Crippen LogP contribution in [0.2, 0.25) is 0 Å². The van der Waals surface area contributed by atoms with Gasteiger partial charge in [-0.1, -0.05) is 19.9 Å². The Balaban J connectivity index is 0.00000180. The van der Waals surface area contributed by atoms with Crippen molar-refractivity contribution in [1.82, 2.24) is 5.32 Å². The van der Waals surface area contributed by atoms with Crippen molar-refractivity contribution in [3.63, 3.8) is 0 Å². The molecule has 0 radical (unpaired) electrons. The second-order valence-corrected chi connectivity index (χ2v) is 5.71. The largest absolute Gasteiger partial charge is 0.399 e. The molecule has 0 aliphatic heterocycles. The van der Waals surface area contributed by atoms with Gasteiger partial charge in [0, 0.05) is 17.3 Å². The number of amides is 1. The van der Waals surface area contributed by atoms with Gasteiger partial charge in [-0.15, -0.1) is 12.4 Å². The first-order chi connectivity index (χ1) is 8.54. The molecule has 2 rings (SSSR count). The van der Waals surface area contributed by atoms with Crippen LogP contribution < -0.4 is 11.1 Å². The van der Waals surface area contributed by atoms with Crippen LogP contribution in [0.1, 0.15) is 43.5 Å². The molecule has 0 aromatic heterocycles. The van der Waals surface area contributed by atoms with Crippen molar-refractivity contribution in [3.8, 4) is 0 Å². The highest BCUT2D eigenvalue weighted by molar-refractivity contribution is 5.95. The highest BCUT2D eigenvalue weighted by Gasteiger charge is 2.25. The molecule has 3 nitrogen and oxygen atoms in total. The van der Waals surface area contributed by atoms with Gasteiger partial charge in [0.2, 0.25) is 0 Å². The topological polar surface area (TPSA) is 55.1 Å². The van der Waals surface area contributed by atoms with Crippen LogP contribution >= 0.6 is 12.4 Å². The van der Waals surface area contributed by atoms with E-state index in [0.29, 0.717) is 29.1 Å². The molecule has 19 heavy (non-hydrogen) atoms. The number of anilines is 1. The molecule has 2 atom stereocenters. The molecule has 0 saturated heterocycles. The van der Waals surface area contributed by atoms with Gasteiger partial charge in [-0.3, -0.25) is 4.79 Å². The fraction of sp³-hybridized carbons (Fsp3) is 0.533. The number of rotatable bonds is 2. The summed E-state index contributed by atoms with van der Waals surface area (Å²) in [6, 6.07) is 7.45. The summed E-state index contributed by atoms with van der Waals surface area (Å²) in [5.41, 5.74) is 6.98. The van der Waals surface area contributed by atoms with E-state index in [4.69, 9.17) is 5.73 Å². The van der Waals surface area contributed by atoms with E-state index in [-0.39, 0.29) is 18.3 Å². The minimum absolute atomic E-state index is 0. The third-order valence-electron chi connectivity index (χ3n) is 3.66. The standard InChI is InChI=1S/C15H22N2O.ClH/c1-10-6-11(2)8-14(7-10)17-15(18)12-4-3-5-13(16)9-12;/h3-5,9-11,14H,6-8,16H2,1-2H3,(H,17,18);1H. The van der Waals surface area contributed by atoms with Gasteiger partial charge in [0.1, 0.15) is 0 Å². The summed E-state index contributed by atoms with van der Waals surface area (Å²) in [5.74, 6) is 1.38. The quantitative estimate of drug-likeness (QED) is 0.818. The van der Waals surface area contributed by atoms with E-state index in [1.54, 1.807) is 18.2 Å². The molecule has 1 aliphatic carbocycles. The zero-order valence-electron chi connectivity index (χ0n) is 11.6. The van der Waals surface area contributed by atoms with Crippen LogP contribution in [0.15, 0.2) is 24.3 Å². The highest BCUT2D eigenvalue weighted by atomic mass is 35.5. The van der Waals surface area contributed by atoms with Gasteiger partial charge >= 0.3 is 0 Å². The van der Waals surface area contributed by atoms with Crippen molar-refractivity contribution in [2.24, 2.45) is 11.8 Å². The second-order valence-electron chi connectivity index (χ2n) is 5.71. The lowest BCUT2D eigenvalue weighted by atomic mass is 9.80. The van der Waals surface area contributed by atoms with Crippen LogP contribution in [0.25, 0.3) is 0 Å². The Morgan fingerprint density at radius 1 is 1.21 bits per heavy atom. The summed E-state index contributed by atoms with van der Waals surface area (Å²) in [7, 11) is 0. The molecular weight excluding hydrogens is 260 g/mol. The van der Waals surface area contributed by atoms with Crippen LogP contribution in [0, 0.1) is 11.8 Å². The molecule has 1 fully saturated rings. The maximum absolute atomic E-state index is 12.1. The van der Waals surface area contributed by atoms with Crippen molar-refractivity contribution in [1.29, 1.82) is 0 Å². The summed E-state index contributed by atoms with van der Waals surface area (Å²) in [6.45, 7) is 4.52. The van der Waals surface area contributed by atoms with Gasteiger partial charge in [0.25, 0.3) is 5.91 Å². The van der Waals surface area contributed by atoms with Crippen LogP contribution in [0.5, 0.6) is 0 Å². The molecule has 3 N–H and O–H groups in total. The van der Waals surface area contributed by atoms with Gasteiger partial charge in [-0.05, 0) is 49.3 Å². The van der Waals surface area contributed by atoms with Crippen molar-refractivity contribution in [2.45, 2.75) is 39.2 Å². The summed E-state index contributed by atoms with van der Waals surface area (Å²) >= 11 is 0. The SMILES string of the molecule is CC1CC(C)CC(NC(=O)c2cccc(N)c2)C1.Cl.